The van der Waals surface area contributed by atoms with E-state index in [9.17, 15) is 18.0 Å². The third-order valence-corrected chi connectivity index (χ3v) is 6.86. The Hall–Kier alpha value is -1.93. The topological polar surface area (TPSA) is 127 Å². The highest BCUT2D eigenvalue weighted by Gasteiger charge is 2.66. The Morgan fingerprint density at radius 1 is 1.00 bits per heavy atom. The SMILES string of the molecule is CC1(C)O[C@@H]2[C@@H](CO[C@@]3(COS(=O)(=O)N4C(=O)c5ccccc5C4=O)OC(C)(C)O[C@@H]23)O1. The molecule has 3 saturated heterocycles. The van der Waals surface area contributed by atoms with E-state index in [4.69, 9.17) is 27.9 Å². The Morgan fingerprint density at radius 3 is 2.25 bits per heavy atom. The molecule has 4 aliphatic rings. The Morgan fingerprint density at radius 2 is 1.62 bits per heavy atom. The van der Waals surface area contributed by atoms with Gasteiger partial charge in [0, 0.05) is 0 Å². The van der Waals surface area contributed by atoms with Gasteiger partial charge in [-0.15, -0.1) is 4.31 Å². The summed E-state index contributed by atoms with van der Waals surface area (Å²) >= 11 is 0. The fourth-order valence-electron chi connectivity index (χ4n) is 4.53. The predicted molar refractivity (Wildman–Crippen MR) is 104 cm³/mol. The highest BCUT2D eigenvalue weighted by atomic mass is 32.2. The van der Waals surface area contributed by atoms with Gasteiger partial charge < -0.3 is 23.7 Å². The molecule has 0 aliphatic carbocycles. The average Bonchev–Trinajstić information content (AvgIpc) is 3.26. The maximum Gasteiger partial charge on any atom is 0.372 e. The molecule has 12 heteroatoms. The molecule has 11 nitrogen and oxygen atoms in total. The van der Waals surface area contributed by atoms with Crippen molar-refractivity contribution in [2.24, 2.45) is 0 Å². The lowest BCUT2D eigenvalue weighted by Gasteiger charge is -2.40. The molecule has 1 aromatic rings. The number of hydrogen-bond donors (Lipinski definition) is 0. The molecule has 0 saturated carbocycles. The highest BCUT2D eigenvalue weighted by molar-refractivity contribution is 7.85. The van der Waals surface area contributed by atoms with Gasteiger partial charge in [0.25, 0.3) is 11.8 Å². The Kier molecular flexibility index (Phi) is 4.65. The molecule has 3 fully saturated rings. The largest absolute Gasteiger partial charge is 0.372 e. The van der Waals surface area contributed by atoms with Crippen LogP contribution in [0.2, 0.25) is 0 Å². The van der Waals surface area contributed by atoms with Crippen LogP contribution in [-0.2, 0) is 38.2 Å². The first-order valence-corrected chi connectivity index (χ1v) is 11.5. The Bertz CT molecular complexity index is 1060. The molecule has 0 bridgehead atoms. The van der Waals surface area contributed by atoms with Crippen LogP contribution in [0.1, 0.15) is 48.4 Å². The molecule has 1 aromatic carbocycles. The quantitative estimate of drug-likeness (QED) is 0.588. The highest BCUT2D eigenvalue weighted by Crippen LogP contribution is 2.47. The van der Waals surface area contributed by atoms with Gasteiger partial charge in [0.15, 0.2) is 11.6 Å². The van der Waals surface area contributed by atoms with Crippen molar-refractivity contribution in [2.45, 2.75) is 63.4 Å². The number of rotatable bonds is 4. The Labute approximate surface area is 184 Å². The van der Waals surface area contributed by atoms with Gasteiger partial charge in [-0.1, -0.05) is 12.1 Å². The average molecular weight is 469 g/mol. The predicted octanol–water partition coefficient (Wildman–Crippen LogP) is 0.942. The first kappa shape index (κ1) is 21.9. The second kappa shape index (κ2) is 6.79. The van der Waals surface area contributed by atoms with Gasteiger partial charge in [-0.05, 0) is 39.8 Å². The monoisotopic (exact) mass is 469 g/mol. The molecule has 5 rings (SSSR count). The number of ether oxygens (including phenoxy) is 5. The van der Waals surface area contributed by atoms with Gasteiger partial charge in [-0.3, -0.25) is 9.59 Å². The van der Waals surface area contributed by atoms with Crippen LogP contribution in [0.4, 0.5) is 0 Å². The summed E-state index contributed by atoms with van der Waals surface area (Å²) < 4.78 is 60.6. The van der Waals surface area contributed by atoms with Crippen molar-refractivity contribution in [2.75, 3.05) is 13.2 Å². The normalized spacial score (nSPS) is 35.0. The van der Waals surface area contributed by atoms with Crippen molar-refractivity contribution in [1.82, 2.24) is 4.31 Å². The van der Waals surface area contributed by atoms with E-state index in [0.717, 1.165) is 0 Å². The number of nitrogens with zero attached hydrogens (tertiary/aromatic N) is 1. The van der Waals surface area contributed by atoms with Crippen molar-refractivity contribution < 1.29 is 45.9 Å². The maximum absolute atomic E-state index is 12.9. The lowest BCUT2D eigenvalue weighted by molar-refractivity contribution is -0.290. The fraction of sp³-hybridized carbons (Fsp3) is 0.600. The third kappa shape index (κ3) is 3.29. The van der Waals surface area contributed by atoms with Crippen LogP contribution in [0.3, 0.4) is 0 Å². The van der Waals surface area contributed by atoms with Crippen molar-refractivity contribution >= 4 is 22.1 Å². The second-order valence-corrected chi connectivity index (χ2v) is 10.4. The van der Waals surface area contributed by atoms with Crippen LogP contribution in [0.15, 0.2) is 24.3 Å². The van der Waals surface area contributed by atoms with Crippen molar-refractivity contribution in [3.63, 3.8) is 0 Å². The van der Waals surface area contributed by atoms with E-state index in [1.165, 1.54) is 24.3 Å². The molecule has 4 atom stereocenters. The van der Waals surface area contributed by atoms with E-state index >= 15 is 0 Å². The van der Waals surface area contributed by atoms with Gasteiger partial charge in [-0.25, -0.2) is 4.18 Å². The molecule has 0 aromatic heterocycles. The van der Waals surface area contributed by atoms with E-state index in [1.807, 2.05) is 0 Å². The minimum Gasteiger partial charge on any atom is -0.343 e. The maximum atomic E-state index is 12.9. The smallest absolute Gasteiger partial charge is 0.343 e. The van der Waals surface area contributed by atoms with Crippen LogP contribution in [0.25, 0.3) is 0 Å². The van der Waals surface area contributed by atoms with Gasteiger partial charge >= 0.3 is 10.3 Å². The molecule has 0 radical (unpaired) electrons. The molecule has 0 spiro atoms. The zero-order valence-corrected chi connectivity index (χ0v) is 18.7. The molecular formula is C20H23NO10S. The molecule has 174 valence electrons. The Balaban J connectivity index is 1.40. The first-order chi connectivity index (χ1) is 14.8. The molecule has 4 heterocycles. The molecule has 0 N–H and O–H groups in total. The lowest BCUT2D eigenvalue weighted by atomic mass is 9.98. The van der Waals surface area contributed by atoms with Gasteiger partial charge in [-0.2, -0.15) is 8.42 Å². The number of fused-ring (bicyclic) bond motifs is 4. The summed E-state index contributed by atoms with van der Waals surface area (Å²) in [6.45, 7) is 6.16. The number of imide groups is 1. The number of carbonyl (C=O) groups is 2. The summed E-state index contributed by atoms with van der Waals surface area (Å²) in [6.07, 6.45) is -1.94. The molecule has 0 unspecified atom stereocenters. The standard InChI is InChI=1S/C20H23NO10S/c1-18(2)28-13-9-26-20(15(14(13)29-18)30-19(3,4)31-20)10-27-32(24,25)21-16(22)11-7-5-6-8-12(11)17(21)23/h5-8,13-15H,9-10H2,1-4H3/t13-,14-,15+,20+/m1/s1. The van der Waals surface area contributed by atoms with Crippen LogP contribution in [0.5, 0.6) is 0 Å². The zero-order valence-electron chi connectivity index (χ0n) is 17.9. The van der Waals surface area contributed by atoms with Crippen LogP contribution < -0.4 is 0 Å². The van der Waals surface area contributed by atoms with E-state index in [-0.39, 0.29) is 22.0 Å². The van der Waals surface area contributed by atoms with E-state index < -0.39 is 64.4 Å². The number of hydrogen-bond acceptors (Lipinski definition) is 10. The first-order valence-electron chi connectivity index (χ1n) is 10.1. The van der Waals surface area contributed by atoms with Crippen LogP contribution >= 0.6 is 0 Å². The summed E-state index contributed by atoms with van der Waals surface area (Å²) in [7, 11) is -4.80. The minimum absolute atomic E-state index is 0.0159. The summed E-state index contributed by atoms with van der Waals surface area (Å²) in [5.74, 6) is -5.65. The number of carbonyl (C=O) groups excluding carboxylic acids is 2. The van der Waals surface area contributed by atoms with Crippen molar-refractivity contribution in [3.05, 3.63) is 35.4 Å². The van der Waals surface area contributed by atoms with E-state index in [0.29, 0.717) is 0 Å². The van der Waals surface area contributed by atoms with Crippen molar-refractivity contribution in [3.8, 4) is 0 Å². The fourth-order valence-corrected chi connectivity index (χ4v) is 5.55. The van der Waals surface area contributed by atoms with Crippen molar-refractivity contribution in [1.29, 1.82) is 0 Å². The molecule has 32 heavy (non-hydrogen) atoms. The summed E-state index contributed by atoms with van der Waals surface area (Å²) in [4.78, 5) is 25.2. The molecular weight excluding hydrogens is 446 g/mol. The summed E-state index contributed by atoms with van der Waals surface area (Å²) in [6, 6.07) is 5.82. The molecule has 4 aliphatic heterocycles. The molecule has 2 amide bonds. The van der Waals surface area contributed by atoms with E-state index in [1.54, 1.807) is 27.7 Å². The van der Waals surface area contributed by atoms with Gasteiger partial charge in [0.2, 0.25) is 5.79 Å². The van der Waals surface area contributed by atoms with Crippen LogP contribution in [0, 0.1) is 0 Å². The lowest BCUT2D eigenvalue weighted by Crippen LogP contribution is -2.61. The number of amides is 2. The minimum atomic E-state index is -4.80. The summed E-state index contributed by atoms with van der Waals surface area (Å²) in [5.41, 5.74) is -0.0319. The number of benzene rings is 1. The van der Waals surface area contributed by atoms with Crippen LogP contribution in [-0.4, -0.2) is 73.4 Å². The zero-order chi connectivity index (χ0) is 23.1. The summed E-state index contributed by atoms with van der Waals surface area (Å²) in [5, 5.41) is 0. The van der Waals surface area contributed by atoms with Gasteiger partial charge in [0.1, 0.15) is 24.9 Å². The van der Waals surface area contributed by atoms with E-state index in [2.05, 4.69) is 0 Å². The third-order valence-electron chi connectivity index (χ3n) is 5.66. The second-order valence-electron chi connectivity index (χ2n) is 8.94. The van der Waals surface area contributed by atoms with Gasteiger partial charge in [0.05, 0.1) is 17.7 Å².